The van der Waals surface area contributed by atoms with Crippen LogP contribution >= 0.6 is 0 Å². The Morgan fingerprint density at radius 2 is 2.12 bits per heavy atom. The third-order valence-corrected chi connectivity index (χ3v) is 1.58. The summed E-state index contributed by atoms with van der Waals surface area (Å²) in [5.74, 6) is 0. The molecule has 0 saturated carbocycles. The minimum atomic E-state index is -0.319. The first-order chi connectivity index (χ1) is 3.68. The molecular formula is C6H14O2. The third kappa shape index (κ3) is 1.80. The number of hydrogen-bond acceptors (Lipinski definition) is 2. The van der Waals surface area contributed by atoms with E-state index in [0.29, 0.717) is 0 Å². The van der Waals surface area contributed by atoms with Crippen LogP contribution in [-0.4, -0.2) is 24.4 Å². The fraction of sp³-hybridized carbons (Fsp3) is 1.00. The smallest absolute Gasteiger partial charge is 0.0877 e. The second-order valence-corrected chi connectivity index (χ2v) is 2.17. The highest BCUT2D eigenvalue weighted by Crippen LogP contribution is 2.11. The summed E-state index contributed by atoms with van der Waals surface area (Å²) < 4.78 is 4.99. The normalized spacial score (nSPS) is 18.0. The van der Waals surface area contributed by atoms with E-state index in [4.69, 9.17) is 9.84 Å². The summed E-state index contributed by atoms with van der Waals surface area (Å²) >= 11 is 0. The number of aliphatic hydroxyl groups excluding tert-OH is 1. The molecule has 2 heteroatoms. The Balaban J connectivity index is 3.58. The lowest BCUT2D eigenvalue weighted by molar-refractivity contribution is -0.0398. The summed E-state index contributed by atoms with van der Waals surface area (Å²) in [5.41, 5.74) is -0.319. The van der Waals surface area contributed by atoms with Crippen molar-refractivity contribution in [2.75, 3.05) is 13.7 Å². The molecule has 0 radical (unpaired) electrons. The molecule has 50 valence electrons. The predicted octanol–water partition coefficient (Wildman–Crippen LogP) is 0.794. The number of ether oxygens (including phenoxy) is 1. The molecule has 0 aromatic carbocycles. The van der Waals surface area contributed by atoms with Crippen molar-refractivity contribution in [3.63, 3.8) is 0 Å². The molecule has 0 aliphatic rings. The largest absolute Gasteiger partial charge is 0.393 e. The molecule has 0 saturated heterocycles. The molecule has 0 heterocycles. The van der Waals surface area contributed by atoms with Crippen LogP contribution in [0.5, 0.6) is 0 Å². The van der Waals surface area contributed by atoms with Crippen LogP contribution in [0.1, 0.15) is 20.3 Å². The summed E-state index contributed by atoms with van der Waals surface area (Å²) in [6, 6.07) is 0. The van der Waals surface area contributed by atoms with E-state index in [1.807, 2.05) is 13.8 Å². The maximum atomic E-state index is 8.66. The molecule has 0 spiro atoms. The van der Waals surface area contributed by atoms with Gasteiger partial charge in [-0.15, -0.1) is 0 Å². The lowest BCUT2D eigenvalue weighted by Crippen LogP contribution is -2.30. The SMILES string of the molecule is CC[C@@](C)(CO)OC. The Hall–Kier alpha value is -0.0800. The molecule has 2 nitrogen and oxygen atoms in total. The highest BCUT2D eigenvalue weighted by atomic mass is 16.5. The Morgan fingerprint density at radius 3 is 2.12 bits per heavy atom. The van der Waals surface area contributed by atoms with Crippen LogP contribution in [0.2, 0.25) is 0 Å². The molecule has 0 amide bonds. The van der Waals surface area contributed by atoms with Gasteiger partial charge in [-0.25, -0.2) is 0 Å². The van der Waals surface area contributed by atoms with Crippen molar-refractivity contribution in [1.29, 1.82) is 0 Å². The average Bonchev–Trinajstić information content (AvgIpc) is 1.87. The number of rotatable bonds is 3. The van der Waals surface area contributed by atoms with Gasteiger partial charge >= 0.3 is 0 Å². The monoisotopic (exact) mass is 118 g/mol. The second-order valence-electron chi connectivity index (χ2n) is 2.17. The summed E-state index contributed by atoms with van der Waals surface area (Å²) in [5, 5.41) is 8.66. The van der Waals surface area contributed by atoms with Gasteiger partial charge in [-0.1, -0.05) is 6.92 Å². The summed E-state index contributed by atoms with van der Waals surface area (Å²) in [6.07, 6.45) is 0.847. The molecule has 0 aromatic rings. The molecule has 0 aromatic heterocycles. The highest BCUT2D eigenvalue weighted by molar-refractivity contribution is 4.69. The van der Waals surface area contributed by atoms with E-state index in [2.05, 4.69) is 0 Å². The van der Waals surface area contributed by atoms with Gasteiger partial charge in [0.2, 0.25) is 0 Å². The first-order valence-electron chi connectivity index (χ1n) is 2.84. The van der Waals surface area contributed by atoms with E-state index >= 15 is 0 Å². The molecule has 0 fully saturated rings. The van der Waals surface area contributed by atoms with Crippen molar-refractivity contribution in [3.8, 4) is 0 Å². The van der Waals surface area contributed by atoms with Crippen LogP contribution in [0.3, 0.4) is 0 Å². The van der Waals surface area contributed by atoms with Gasteiger partial charge in [0.15, 0.2) is 0 Å². The average molecular weight is 118 g/mol. The van der Waals surface area contributed by atoms with Gasteiger partial charge in [0.1, 0.15) is 0 Å². The predicted molar refractivity (Wildman–Crippen MR) is 32.8 cm³/mol. The lowest BCUT2D eigenvalue weighted by atomic mass is 10.1. The van der Waals surface area contributed by atoms with E-state index < -0.39 is 0 Å². The Bertz CT molecular complexity index is 49.3. The van der Waals surface area contributed by atoms with Crippen molar-refractivity contribution in [2.24, 2.45) is 0 Å². The van der Waals surface area contributed by atoms with Gasteiger partial charge < -0.3 is 9.84 Å². The Morgan fingerprint density at radius 1 is 1.62 bits per heavy atom. The molecule has 1 N–H and O–H groups in total. The van der Waals surface area contributed by atoms with Crippen molar-refractivity contribution in [3.05, 3.63) is 0 Å². The minimum Gasteiger partial charge on any atom is -0.393 e. The second kappa shape index (κ2) is 3.05. The first kappa shape index (κ1) is 7.92. The van der Waals surface area contributed by atoms with Crippen molar-refractivity contribution in [1.82, 2.24) is 0 Å². The lowest BCUT2D eigenvalue weighted by Gasteiger charge is -2.22. The van der Waals surface area contributed by atoms with Crippen LogP contribution < -0.4 is 0 Å². The van der Waals surface area contributed by atoms with E-state index in [9.17, 15) is 0 Å². The maximum Gasteiger partial charge on any atom is 0.0877 e. The summed E-state index contributed by atoms with van der Waals surface area (Å²) in [6.45, 7) is 3.96. The fourth-order valence-electron chi connectivity index (χ4n) is 0.321. The Kier molecular flexibility index (Phi) is 3.02. The molecule has 0 aliphatic heterocycles. The number of hydrogen-bond donors (Lipinski definition) is 1. The van der Waals surface area contributed by atoms with Crippen LogP contribution in [0.15, 0.2) is 0 Å². The standard InChI is InChI=1S/C6H14O2/c1-4-6(2,5-7)8-3/h7H,4-5H2,1-3H3/t6-/m0/s1. The van der Waals surface area contributed by atoms with Crippen LogP contribution in [0.4, 0.5) is 0 Å². The van der Waals surface area contributed by atoms with Gasteiger partial charge in [0.05, 0.1) is 12.2 Å². The van der Waals surface area contributed by atoms with Gasteiger partial charge in [-0.3, -0.25) is 0 Å². The van der Waals surface area contributed by atoms with E-state index in [1.165, 1.54) is 0 Å². The Labute approximate surface area is 50.5 Å². The third-order valence-electron chi connectivity index (χ3n) is 1.58. The zero-order chi connectivity index (χ0) is 6.62. The van der Waals surface area contributed by atoms with Crippen LogP contribution in [-0.2, 0) is 4.74 Å². The van der Waals surface area contributed by atoms with Crippen molar-refractivity contribution in [2.45, 2.75) is 25.9 Å². The first-order valence-corrected chi connectivity index (χ1v) is 2.84. The van der Waals surface area contributed by atoms with Gasteiger partial charge in [-0.05, 0) is 13.3 Å². The van der Waals surface area contributed by atoms with Gasteiger partial charge in [-0.2, -0.15) is 0 Å². The van der Waals surface area contributed by atoms with E-state index in [1.54, 1.807) is 7.11 Å². The van der Waals surface area contributed by atoms with Crippen LogP contribution in [0, 0.1) is 0 Å². The van der Waals surface area contributed by atoms with Gasteiger partial charge in [0, 0.05) is 7.11 Å². The molecule has 0 rings (SSSR count). The van der Waals surface area contributed by atoms with Crippen LogP contribution in [0.25, 0.3) is 0 Å². The molecule has 0 bridgehead atoms. The van der Waals surface area contributed by atoms with Crippen molar-refractivity contribution >= 4 is 0 Å². The van der Waals surface area contributed by atoms with Gasteiger partial charge in [0.25, 0.3) is 0 Å². The molecule has 8 heavy (non-hydrogen) atoms. The molecule has 0 unspecified atom stereocenters. The topological polar surface area (TPSA) is 29.5 Å². The molecule has 1 atom stereocenters. The highest BCUT2D eigenvalue weighted by Gasteiger charge is 2.18. The number of aliphatic hydroxyl groups is 1. The summed E-state index contributed by atoms with van der Waals surface area (Å²) in [4.78, 5) is 0. The zero-order valence-corrected chi connectivity index (χ0v) is 5.77. The van der Waals surface area contributed by atoms with E-state index in [0.717, 1.165) is 6.42 Å². The zero-order valence-electron chi connectivity index (χ0n) is 5.77. The summed E-state index contributed by atoms with van der Waals surface area (Å²) in [7, 11) is 1.61. The molecular weight excluding hydrogens is 104 g/mol. The quantitative estimate of drug-likeness (QED) is 0.593. The fourth-order valence-corrected chi connectivity index (χ4v) is 0.321. The molecule has 0 aliphatic carbocycles. The van der Waals surface area contributed by atoms with E-state index in [-0.39, 0.29) is 12.2 Å². The van der Waals surface area contributed by atoms with Crippen molar-refractivity contribution < 1.29 is 9.84 Å². The minimum absolute atomic E-state index is 0.0972. The maximum absolute atomic E-state index is 8.66. The number of methoxy groups -OCH3 is 1.